The molecule has 1 nitrogen and oxygen atoms in total. The van der Waals surface area contributed by atoms with Crippen LogP contribution in [0.5, 0.6) is 11.5 Å². The van der Waals surface area contributed by atoms with Gasteiger partial charge in [-0.15, -0.1) is 0 Å². The van der Waals surface area contributed by atoms with E-state index < -0.39 is 0 Å². The van der Waals surface area contributed by atoms with Crippen molar-refractivity contribution in [2.45, 2.75) is 65.2 Å². The lowest BCUT2D eigenvalue weighted by atomic mass is 9.76. The Labute approximate surface area is 141 Å². The molecule has 0 heterocycles. The van der Waals surface area contributed by atoms with Crippen LogP contribution in [0.3, 0.4) is 0 Å². The predicted molar refractivity (Wildman–Crippen MR) is 99.6 cm³/mol. The molecule has 0 saturated heterocycles. The Morgan fingerprint density at radius 3 is 1.96 bits per heavy atom. The highest BCUT2D eigenvalue weighted by atomic mass is 16.5. The van der Waals surface area contributed by atoms with Crippen LogP contribution in [0.15, 0.2) is 48.5 Å². The highest BCUT2D eigenvalue weighted by molar-refractivity contribution is 5.46. The molecule has 0 unspecified atom stereocenters. The van der Waals surface area contributed by atoms with Crippen LogP contribution in [0.1, 0.15) is 65.5 Å². The van der Waals surface area contributed by atoms with Gasteiger partial charge >= 0.3 is 0 Å². The van der Waals surface area contributed by atoms with Crippen LogP contribution >= 0.6 is 0 Å². The summed E-state index contributed by atoms with van der Waals surface area (Å²) in [6.45, 7) is 13.7. The minimum absolute atomic E-state index is 0.0872. The zero-order valence-corrected chi connectivity index (χ0v) is 15.4. The van der Waals surface area contributed by atoms with Crippen molar-refractivity contribution in [3.05, 3.63) is 59.7 Å². The molecule has 2 aromatic rings. The van der Waals surface area contributed by atoms with Gasteiger partial charge < -0.3 is 4.74 Å². The van der Waals surface area contributed by atoms with Crippen molar-refractivity contribution in [2.24, 2.45) is 0 Å². The molecule has 0 amide bonds. The first-order valence-electron chi connectivity index (χ1n) is 8.68. The first-order chi connectivity index (χ1) is 10.8. The number of para-hydroxylation sites is 1. The molecular weight excluding hydrogens is 280 g/mol. The molecule has 2 aromatic carbocycles. The van der Waals surface area contributed by atoms with Crippen molar-refractivity contribution in [3.63, 3.8) is 0 Å². The zero-order valence-electron chi connectivity index (χ0n) is 15.4. The van der Waals surface area contributed by atoms with Gasteiger partial charge in [0.1, 0.15) is 11.5 Å². The second-order valence-corrected chi connectivity index (χ2v) is 7.60. The fraction of sp³-hybridized carbons (Fsp3) is 0.455. The fourth-order valence-corrected chi connectivity index (χ4v) is 2.58. The summed E-state index contributed by atoms with van der Waals surface area (Å²) in [5.41, 5.74) is 2.95. The standard InChI is InChI=1S/C22H30O/c1-7-21(3,4)17-14-15-20(19(16-17)22(5,6)8-2)23-18-12-10-9-11-13-18/h9-16H,7-8H2,1-6H3. The molecule has 0 fully saturated rings. The predicted octanol–water partition coefficient (Wildman–Crippen LogP) is 6.85. The Bertz CT molecular complexity index is 638. The van der Waals surface area contributed by atoms with Gasteiger partial charge in [0.15, 0.2) is 0 Å². The first kappa shape index (κ1) is 17.6. The maximum Gasteiger partial charge on any atom is 0.131 e. The summed E-state index contributed by atoms with van der Waals surface area (Å²) in [4.78, 5) is 0. The van der Waals surface area contributed by atoms with E-state index in [4.69, 9.17) is 4.74 Å². The Morgan fingerprint density at radius 2 is 1.39 bits per heavy atom. The summed E-state index contributed by atoms with van der Waals surface area (Å²) >= 11 is 0. The number of benzene rings is 2. The highest BCUT2D eigenvalue weighted by Gasteiger charge is 2.26. The minimum atomic E-state index is 0.0872. The van der Waals surface area contributed by atoms with E-state index in [1.54, 1.807) is 0 Å². The van der Waals surface area contributed by atoms with E-state index in [0.717, 1.165) is 24.3 Å². The van der Waals surface area contributed by atoms with Crippen LogP contribution in [0.2, 0.25) is 0 Å². The molecule has 0 aliphatic carbocycles. The van der Waals surface area contributed by atoms with Gasteiger partial charge in [-0.3, -0.25) is 0 Å². The summed E-state index contributed by atoms with van der Waals surface area (Å²) in [6.07, 6.45) is 2.20. The average Bonchev–Trinajstić information content (AvgIpc) is 2.56. The topological polar surface area (TPSA) is 9.23 Å². The molecule has 23 heavy (non-hydrogen) atoms. The Balaban J connectivity index is 2.50. The Kier molecular flexibility index (Phi) is 5.19. The van der Waals surface area contributed by atoms with Crippen molar-refractivity contribution < 1.29 is 4.74 Å². The number of hydrogen-bond acceptors (Lipinski definition) is 1. The molecule has 0 aromatic heterocycles. The fourth-order valence-electron chi connectivity index (χ4n) is 2.58. The van der Waals surface area contributed by atoms with Crippen molar-refractivity contribution >= 4 is 0 Å². The number of hydrogen-bond donors (Lipinski definition) is 0. The first-order valence-corrected chi connectivity index (χ1v) is 8.68. The molecule has 2 rings (SSSR count). The van der Waals surface area contributed by atoms with Crippen LogP contribution in [-0.4, -0.2) is 0 Å². The molecule has 124 valence electrons. The molecule has 0 saturated carbocycles. The van der Waals surface area contributed by atoms with Gasteiger partial charge in [0, 0.05) is 5.56 Å². The average molecular weight is 310 g/mol. The smallest absolute Gasteiger partial charge is 0.131 e. The normalized spacial score (nSPS) is 12.3. The summed E-state index contributed by atoms with van der Waals surface area (Å²) in [7, 11) is 0. The zero-order chi connectivity index (χ0) is 17.1. The second-order valence-electron chi connectivity index (χ2n) is 7.60. The maximum atomic E-state index is 6.20. The third-order valence-electron chi connectivity index (χ3n) is 5.23. The molecule has 0 aliphatic rings. The lowest BCUT2D eigenvalue weighted by Crippen LogP contribution is -2.20. The van der Waals surface area contributed by atoms with Crippen molar-refractivity contribution in [3.8, 4) is 11.5 Å². The monoisotopic (exact) mass is 310 g/mol. The van der Waals surface area contributed by atoms with Crippen LogP contribution in [0, 0.1) is 0 Å². The van der Waals surface area contributed by atoms with E-state index in [2.05, 4.69) is 59.7 Å². The van der Waals surface area contributed by atoms with Crippen molar-refractivity contribution in [1.29, 1.82) is 0 Å². The van der Waals surface area contributed by atoms with E-state index >= 15 is 0 Å². The molecule has 1 heteroatoms. The summed E-state index contributed by atoms with van der Waals surface area (Å²) in [5, 5.41) is 0. The molecular formula is C22H30O. The van der Waals surface area contributed by atoms with E-state index in [1.165, 1.54) is 11.1 Å². The van der Waals surface area contributed by atoms with Crippen LogP contribution in [0.25, 0.3) is 0 Å². The van der Waals surface area contributed by atoms with Crippen molar-refractivity contribution in [1.82, 2.24) is 0 Å². The summed E-state index contributed by atoms with van der Waals surface area (Å²) in [5.74, 6) is 1.86. The number of ether oxygens (including phenoxy) is 1. The Morgan fingerprint density at radius 1 is 0.783 bits per heavy atom. The van der Waals surface area contributed by atoms with E-state index in [0.29, 0.717) is 0 Å². The molecule has 0 aliphatic heterocycles. The second kappa shape index (κ2) is 6.78. The quantitative estimate of drug-likeness (QED) is 0.566. The Hall–Kier alpha value is -1.76. The molecule has 0 spiro atoms. The van der Waals surface area contributed by atoms with Crippen molar-refractivity contribution in [2.75, 3.05) is 0 Å². The minimum Gasteiger partial charge on any atom is -0.457 e. The molecule has 0 N–H and O–H groups in total. The molecule has 0 atom stereocenters. The van der Waals surface area contributed by atoms with E-state index in [-0.39, 0.29) is 10.8 Å². The van der Waals surface area contributed by atoms with Crippen LogP contribution in [0.4, 0.5) is 0 Å². The maximum absolute atomic E-state index is 6.20. The van der Waals surface area contributed by atoms with Gasteiger partial charge in [0.05, 0.1) is 0 Å². The number of rotatable bonds is 6. The lowest BCUT2D eigenvalue weighted by Gasteiger charge is -2.30. The highest BCUT2D eigenvalue weighted by Crippen LogP contribution is 2.39. The van der Waals surface area contributed by atoms with Crippen LogP contribution in [-0.2, 0) is 10.8 Å². The largest absolute Gasteiger partial charge is 0.457 e. The third-order valence-corrected chi connectivity index (χ3v) is 5.23. The van der Waals surface area contributed by atoms with Gasteiger partial charge in [-0.25, -0.2) is 0 Å². The van der Waals surface area contributed by atoms with E-state index in [1.807, 2.05) is 30.3 Å². The SMILES string of the molecule is CCC(C)(C)c1ccc(Oc2ccccc2)c(C(C)(C)CC)c1. The summed E-state index contributed by atoms with van der Waals surface area (Å²) < 4.78 is 6.20. The van der Waals surface area contributed by atoms with Gasteiger partial charge in [0.25, 0.3) is 0 Å². The van der Waals surface area contributed by atoms with Gasteiger partial charge in [-0.2, -0.15) is 0 Å². The summed E-state index contributed by atoms with van der Waals surface area (Å²) in [6, 6.07) is 16.8. The van der Waals surface area contributed by atoms with Gasteiger partial charge in [-0.1, -0.05) is 71.9 Å². The third kappa shape index (κ3) is 3.96. The van der Waals surface area contributed by atoms with Gasteiger partial charge in [-0.05, 0) is 47.4 Å². The lowest BCUT2D eigenvalue weighted by molar-refractivity contribution is 0.432. The molecule has 0 bridgehead atoms. The van der Waals surface area contributed by atoms with Crippen LogP contribution < -0.4 is 4.74 Å². The molecule has 0 radical (unpaired) electrons. The van der Waals surface area contributed by atoms with Gasteiger partial charge in [0.2, 0.25) is 0 Å². The van der Waals surface area contributed by atoms with E-state index in [9.17, 15) is 0 Å².